The quantitative estimate of drug-likeness (QED) is 0.779. The molecule has 25 heavy (non-hydrogen) atoms. The summed E-state index contributed by atoms with van der Waals surface area (Å²) in [7, 11) is 2.09. The Morgan fingerprint density at radius 3 is 2.44 bits per heavy atom. The van der Waals surface area contributed by atoms with Gasteiger partial charge in [0.15, 0.2) is 0 Å². The first-order valence-electron chi connectivity index (χ1n) is 7.64. The molecule has 0 aromatic heterocycles. The lowest BCUT2D eigenvalue weighted by Crippen LogP contribution is -2.39. The van der Waals surface area contributed by atoms with Crippen molar-refractivity contribution in [3.05, 3.63) is 35.6 Å². The van der Waals surface area contributed by atoms with Crippen molar-refractivity contribution in [1.29, 1.82) is 0 Å². The summed E-state index contributed by atoms with van der Waals surface area (Å²) in [6.45, 7) is 2.81. The van der Waals surface area contributed by atoms with Crippen molar-refractivity contribution < 1.29 is 32.3 Å². The third-order valence-electron chi connectivity index (χ3n) is 4.31. The van der Waals surface area contributed by atoms with E-state index in [0.717, 1.165) is 26.1 Å². The molecule has 2 saturated heterocycles. The number of nitrogens with zero attached hydrogens (tertiary/aromatic N) is 2. The van der Waals surface area contributed by atoms with Crippen LogP contribution in [0.2, 0.25) is 0 Å². The van der Waals surface area contributed by atoms with Gasteiger partial charge in [0.2, 0.25) is 0 Å². The highest BCUT2D eigenvalue weighted by Crippen LogP contribution is 2.31. The summed E-state index contributed by atoms with van der Waals surface area (Å²) in [6, 6.07) is 6.29. The minimum absolute atomic E-state index is 0.0303. The Hall–Kier alpha value is -2.16. The second-order valence-electron chi connectivity index (χ2n) is 6.15. The summed E-state index contributed by atoms with van der Waals surface area (Å²) in [5.41, 5.74) is 0.463. The fraction of sp³-hybridized carbons (Fsp3) is 0.500. The Labute approximate surface area is 141 Å². The lowest BCUT2D eigenvalue weighted by Gasteiger charge is -2.24. The molecule has 9 heteroatoms. The molecule has 3 rings (SSSR count). The molecule has 2 aliphatic heterocycles. The van der Waals surface area contributed by atoms with Crippen molar-refractivity contribution in [3.8, 4) is 0 Å². The van der Waals surface area contributed by atoms with Gasteiger partial charge in [-0.3, -0.25) is 4.79 Å². The van der Waals surface area contributed by atoms with E-state index in [1.807, 2.05) is 4.90 Å². The number of amides is 1. The highest BCUT2D eigenvalue weighted by atomic mass is 19.4. The lowest BCUT2D eigenvalue weighted by atomic mass is 10.0. The van der Waals surface area contributed by atoms with Gasteiger partial charge < -0.3 is 14.9 Å². The maximum Gasteiger partial charge on any atom is 0.490 e. The van der Waals surface area contributed by atoms with Crippen molar-refractivity contribution in [3.63, 3.8) is 0 Å². The van der Waals surface area contributed by atoms with Gasteiger partial charge in [0.05, 0.1) is 0 Å². The Morgan fingerprint density at radius 1 is 1.24 bits per heavy atom. The Morgan fingerprint density at radius 2 is 1.88 bits per heavy atom. The van der Waals surface area contributed by atoms with Crippen molar-refractivity contribution >= 4 is 11.9 Å². The average Bonchev–Trinajstić information content (AvgIpc) is 3.05. The normalized spacial score (nSPS) is 23.0. The molecular formula is C16H18F4N2O3. The molecule has 0 aliphatic carbocycles. The van der Waals surface area contributed by atoms with Crippen LogP contribution in [0.5, 0.6) is 0 Å². The molecule has 0 spiro atoms. The van der Waals surface area contributed by atoms with Crippen LogP contribution in [0.1, 0.15) is 16.8 Å². The maximum atomic E-state index is 13.2. The SMILES string of the molecule is CN1CC2CCN(C(=O)c3cccc(F)c3)C2C1.O=C(O)C(F)(F)F. The van der Waals surface area contributed by atoms with Crippen LogP contribution < -0.4 is 0 Å². The van der Waals surface area contributed by atoms with Crippen molar-refractivity contribution in [2.45, 2.75) is 18.6 Å². The molecular weight excluding hydrogens is 344 g/mol. The lowest BCUT2D eigenvalue weighted by molar-refractivity contribution is -0.192. The molecule has 2 fully saturated rings. The number of likely N-dealkylation sites (tertiary alicyclic amines) is 2. The Kier molecular flexibility index (Phi) is 5.66. The average molecular weight is 362 g/mol. The molecule has 138 valence electrons. The second kappa shape index (κ2) is 7.38. The van der Waals surface area contributed by atoms with Gasteiger partial charge in [0.25, 0.3) is 5.91 Å². The first kappa shape index (κ1) is 19.2. The minimum atomic E-state index is -5.08. The van der Waals surface area contributed by atoms with Crippen LogP contribution in [0.3, 0.4) is 0 Å². The molecule has 1 aromatic rings. The number of carbonyl (C=O) groups excluding carboxylic acids is 1. The predicted octanol–water partition coefficient (Wildman–Crippen LogP) is 2.24. The van der Waals surface area contributed by atoms with Crippen LogP contribution >= 0.6 is 0 Å². The van der Waals surface area contributed by atoms with Gasteiger partial charge in [-0.15, -0.1) is 0 Å². The molecule has 2 atom stereocenters. The van der Waals surface area contributed by atoms with Gasteiger partial charge in [-0.1, -0.05) is 6.07 Å². The molecule has 1 N–H and O–H groups in total. The summed E-state index contributed by atoms with van der Waals surface area (Å²) in [6.07, 6.45) is -4.02. The van der Waals surface area contributed by atoms with Crippen LogP contribution in [0, 0.1) is 11.7 Å². The van der Waals surface area contributed by atoms with E-state index in [9.17, 15) is 22.4 Å². The molecule has 1 amide bonds. The molecule has 0 saturated carbocycles. The number of hydrogen-bond acceptors (Lipinski definition) is 3. The molecule has 2 unspecified atom stereocenters. The summed E-state index contributed by atoms with van der Waals surface area (Å²) in [5.74, 6) is -2.54. The largest absolute Gasteiger partial charge is 0.490 e. The topological polar surface area (TPSA) is 60.9 Å². The highest BCUT2D eigenvalue weighted by molar-refractivity contribution is 5.94. The zero-order valence-electron chi connectivity index (χ0n) is 13.5. The fourth-order valence-electron chi connectivity index (χ4n) is 3.21. The van der Waals surface area contributed by atoms with Gasteiger partial charge >= 0.3 is 12.1 Å². The van der Waals surface area contributed by atoms with E-state index in [2.05, 4.69) is 11.9 Å². The highest BCUT2D eigenvalue weighted by Gasteiger charge is 2.42. The molecule has 5 nitrogen and oxygen atoms in total. The van der Waals surface area contributed by atoms with Crippen LogP contribution in [0.4, 0.5) is 17.6 Å². The zero-order chi connectivity index (χ0) is 18.8. The number of aliphatic carboxylic acids is 1. The number of hydrogen-bond donors (Lipinski definition) is 1. The van der Waals surface area contributed by atoms with Gasteiger partial charge in [0, 0.05) is 31.2 Å². The van der Waals surface area contributed by atoms with E-state index in [0.29, 0.717) is 17.5 Å². The van der Waals surface area contributed by atoms with E-state index in [1.54, 1.807) is 12.1 Å². The third-order valence-corrected chi connectivity index (χ3v) is 4.31. The Bertz CT molecular complexity index is 651. The second-order valence-corrected chi connectivity index (χ2v) is 6.15. The van der Waals surface area contributed by atoms with Crippen molar-refractivity contribution in [1.82, 2.24) is 9.80 Å². The van der Waals surface area contributed by atoms with Crippen LogP contribution in [0.15, 0.2) is 24.3 Å². The summed E-state index contributed by atoms with van der Waals surface area (Å²) in [4.78, 5) is 25.5. The first-order valence-corrected chi connectivity index (χ1v) is 7.64. The maximum absolute atomic E-state index is 13.2. The van der Waals surface area contributed by atoms with E-state index >= 15 is 0 Å². The molecule has 2 heterocycles. The number of alkyl halides is 3. The minimum Gasteiger partial charge on any atom is -0.475 e. The standard InChI is InChI=1S/C14H17FN2O.C2HF3O2/c1-16-8-11-5-6-17(13(11)9-16)14(18)10-3-2-4-12(15)7-10;3-2(4,5)1(6)7/h2-4,7,11,13H,5-6,8-9H2,1H3;(H,6,7). The Balaban J connectivity index is 0.000000277. The number of rotatable bonds is 1. The molecule has 0 bridgehead atoms. The van der Waals surface area contributed by atoms with E-state index in [-0.39, 0.29) is 11.7 Å². The van der Waals surface area contributed by atoms with E-state index in [1.165, 1.54) is 12.1 Å². The van der Waals surface area contributed by atoms with Crippen LogP contribution in [-0.2, 0) is 4.79 Å². The number of carboxylic acid groups (broad SMARTS) is 1. The van der Waals surface area contributed by atoms with Crippen LogP contribution in [-0.4, -0.2) is 65.7 Å². The van der Waals surface area contributed by atoms with E-state index < -0.39 is 12.1 Å². The van der Waals surface area contributed by atoms with Gasteiger partial charge in [-0.05, 0) is 37.6 Å². The van der Waals surface area contributed by atoms with Crippen molar-refractivity contribution in [2.75, 3.05) is 26.7 Å². The number of benzene rings is 1. The third kappa shape index (κ3) is 4.68. The van der Waals surface area contributed by atoms with Crippen molar-refractivity contribution in [2.24, 2.45) is 5.92 Å². The number of fused-ring (bicyclic) bond motifs is 1. The number of halogens is 4. The molecule has 2 aliphatic rings. The van der Waals surface area contributed by atoms with Crippen LogP contribution in [0.25, 0.3) is 0 Å². The number of likely N-dealkylation sites (N-methyl/N-ethyl adjacent to an activating group) is 1. The summed E-state index contributed by atoms with van der Waals surface area (Å²) >= 11 is 0. The predicted molar refractivity (Wildman–Crippen MR) is 80.5 cm³/mol. The van der Waals surface area contributed by atoms with Gasteiger partial charge in [0.1, 0.15) is 5.82 Å². The number of carbonyl (C=O) groups is 2. The summed E-state index contributed by atoms with van der Waals surface area (Å²) in [5, 5.41) is 7.12. The van der Waals surface area contributed by atoms with E-state index in [4.69, 9.17) is 9.90 Å². The monoisotopic (exact) mass is 362 g/mol. The summed E-state index contributed by atoms with van der Waals surface area (Å²) < 4.78 is 44.9. The fourth-order valence-corrected chi connectivity index (χ4v) is 3.21. The zero-order valence-corrected chi connectivity index (χ0v) is 13.5. The molecule has 1 aromatic carbocycles. The number of carboxylic acids is 1. The molecule has 0 radical (unpaired) electrons. The van der Waals surface area contributed by atoms with Gasteiger partial charge in [-0.25, -0.2) is 9.18 Å². The van der Waals surface area contributed by atoms with Gasteiger partial charge in [-0.2, -0.15) is 13.2 Å². The first-order chi connectivity index (χ1) is 11.6. The smallest absolute Gasteiger partial charge is 0.475 e.